The van der Waals surface area contributed by atoms with Gasteiger partial charge in [-0.15, -0.1) is 0 Å². The van der Waals surface area contributed by atoms with Crippen molar-refractivity contribution in [3.8, 4) is 0 Å². The van der Waals surface area contributed by atoms with Crippen LogP contribution in [0.2, 0.25) is 0 Å². The summed E-state index contributed by atoms with van der Waals surface area (Å²) < 4.78 is 0. The Morgan fingerprint density at radius 1 is 0.789 bits per heavy atom. The van der Waals surface area contributed by atoms with Crippen LogP contribution in [0.5, 0.6) is 0 Å². The van der Waals surface area contributed by atoms with Crippen molar-refractivity contribution in [2.75, 3.05) is 0 Å². The van der Waals surface area contributed by atoms with Gasteiger partial charge in [-0.2, -0.15) is 0 Å². The summed E-state index contributed by atoms with van der Waals surface area (Å²) in [4.78, 5) is 11.9. The largest absolute Gasteiger partial charge is 0.294 e. The third-order valence-electron chi connectivity index (χ3n) is 3.16. The molecule has 0 atom stereocenters. The predicted octanol–water partition coefficient (Wildman–Crippen LogP) is 4.75. The van der Waals surface area contributed by atoms with Gasteiger partial charge >= 0.3 is 0 Å². The quantitative estimate of drug-likeness (QED) is 0.676. The van der Waals surface area contributed by atoms with E-state index < -0.39 is 0 Å². The first kappa shape index (κ1) is 13.3. The van der Waals surface area contributed by atoms with Gasteiger partial charge in [0.05, 0.1) is 0 Å². The number of carbonyl (C=O) groups is 1. The van der Waals surface area contributed by atoms with E-state index >= 15 is 0 Å². The van der Waals surface area contributed by atoms with Gasteiger partial charge in [-0.1, -0.05) is 67.2 Å². The van der Waals surface area contributed by atoms with Gasteiger partial charge in [0.1, 0.15) is 0 Å². The molecule has 1 heteroatoms. The van der Waals surface area contributed by atoms with Crippen molar-refractivity contribution < 1.29 is 4.79 Å². The highest BCUT2D eigenvalue weighted by Gasteiger charge is 2.05. The Morgan fingerprint density at radius 3 is 1.89 bits per heavy atom. The molecule has 96 valence electrons. The number of Topliss-reactive ketones (excluding diaryl/α,β-unsaturated/α-hetero) is 1. The lowest BCUT2D eigenvalue weighted by Gasteiger charge is -2.05. The Morgan fingerprint density at radius 2 is 1.32 bits per heavy atom. The van der Waals surface area contributed by atoms with Crippen molar-refractivity contribution in [2.45, 2.75) is 19.3 Å². The fourth-order valence-electron chi connectivity index (χ4n) is 2.05. The summed E-state index contributed by atoms with van der Waals surface area (Å²) in [5.74, 6) is 0.210. The molecule has 0 bridgehead atoms. The van der Waals surface area contributed by atoms with Crippen LogP contribution < -0.4 is 0 Å². The number of benzene rings is 2. The maximum atomic E-state index is 11.9. The highest BCUT2D eigenvalue weighted by atomic mass is 16.1. The summed E-state index contributed by atoms with van der Waals surface area (Å²) in [5, 5.41) is 0. The second-order valence-corrected chi connectivity index (χ2v) is 4.61. The molecular weight excluding hydrogens is 232 g/mol. The lowest BCUT2D eigenvalue weighted by molar-refractivity contribution is 0.0980. The molecule has 0 aliphatic heterocycles. The average Bonchev–Trinajstić information content (AvgIpc) is 2.49. The molecule has 0 aliphatic carbocycles. The summed E-state index contributed by atoms with van der Waals surface area (Å²) in [6.07, 6.45) is 2.29. The molecule has 0 radical (unpaired) electrons. The minimum absolute atomic E-state index is 0.210. The third-order valence-corrected chi connectivity index (χ3v) is 3.16. The van der Waals surface area contributed by atoms with E-state index in [0.717, 1.165) is 29.5 Å². The molecule has 0 aliphatic rings. The van der Waals surface area contributed by atoms with E-state index in [9.17, 15) is 4.79 Å². The summed E-state index contributed by atoms with van der Waals surface area (Å²) in [5.41, 5.74) is 3.06. The standard InChI is InChI=1S/C18H18O/c1-15(16-10-4-2-5-11-16)9-8-14-18(19)17-12-6-3-7-13-17/h2-7,10-13H,1,8-9,14H2. The van der Waals surface area contributed by atoms with Crippen LogP contribution in [0.3, 0.4) is 0 Å². The van der Waals surface area contributed by atoms with Crippen LogP contribution in [0.25, 0.3) is 5.57 Å². The Balaban J connectivity index is 1.81. The van der Waals surface area contributed by atoms with Crippen LogP contribution in [0.15, 0.2) is 67.2 Å². The fraction of sp³-hybridized carbons (Fsp3) is 0.167. The van der Waals surface area contributed by atoms with E-state index in [1.54, 1.807) is 0 Å². The molecule has 0 amide bonds. The highest BCUT2D eigenvalue weighted by Crippen LogP contribution is 2.19. The molecule has 0 saturated carbocycles. The van der Waals surface area contributed by atoms with Crippen molar-refractivity contribution in [2.24, 2.45) is 0 Å². The van der Waals surface area contributed by atoms with E-state index in [-0.39, 0.29) is 5.78 Å². The third kappa shape index (κ3) is 3.92. The minimum Gasteiger partial charge on any atom is -0.294 e. The molecule has 0 unspecified atom stereocenters. The minimum atomic E-state index is 0.210. The van der Waals surface area contributed by atoms with E-state index in [1.165, 1.54) is 0 Å². The molecule has 1 nitrogen and oxygen atoms in total. The van der Waals surface area contributed by atoms with Crippen LogP contribution in [0.1, 0.15) is 35.2 Å². The number of hydrogen-bond acceptors (Lipinski definition) is 1. The Bertz CT molecular complexity index is 489. The number of rotatable bonds is 6. The van der Waals surface area contributed by atoms with Gasteiger partial charge in [-0.3, -0.25) is 4.79 Å². The van der Waals surface area contributed by atoms with Crippen LogP contribution in [0.4, 0.5) is 0 Å². The van der Waals surface area contributed by atoms with Crippen molar-refractivity contribution in [3.05, 3.63) is 78.4 Å². The normalized spacial score (nSPS) is 10.1. The summed E-state index contributed by atoms with van der Waals surface area (Å²) in [6, 6.07) is 19.6. The van der Waals surface area contributed by atoms with E-state index in [1.807, 2.05) is 48.5 Å². The Hall–Kier alpha value is -2.15. The smallest absolute Gasteiger partial charge is 0.162 e. The Kier molecular flexibility index (Phi) is 4.68. The first-order chi connectivity index (χ1) is 9.27. The fourth-order valence-corrected chi connectivity index (χ4v) is 2.05. The van der Waals surface area contributed by atoms with Crippen LogP contribution in [0, 0.1) is 0 Å². The lowest BCUT2D eigenvalue weighted by Crippen LogP contribution is -1.98. The maximum absolute atomic E-state index is 11.9. The topological polar surface area (TPSA) is 17.1 Å². The van der Waals surface area contributed by atoms with Crippen LogP contribution in [-0.2, 0) is 0 Å². The molecule has 0 fully saturated rings. The van der Waals surface area contributed by atoms with Gasteiger partial charge in [0.15, 0.2) is 5.78 Å². The summed E-state index contributed by atoms with van der Waals surface area (Å²) in [7, 11) is 0. The predicted molar refractivity (Wildman–Crippen MR) is 80.1 cm³/mol. The van der Waals surface area contributed by atoms with Crippen molar-refractivity contribution >= 4 is 11.4 Å². The van der Waals surface area contributed by atoms with Gasteiger partial charge in [0.2, 0.25) is 0 Å². The lowest BCUT2D eigenvalue weighted by atomic mass is 9.99. The van der Waals surface area contributed by atoms with Crippen molar-refractivity contribution in [3.63, 3.8) is 0 Å². The molecule has 0 N–H and O–H groups in total. The van der Waals surface area contributed by atoms with Gasteiger partial charge in [0, 0.05) is 12.0 Å². The molecule has 2 rings (SSSR count). The molecule has 2 aromatic carbocycles. The number of carbonyl (C=O) groups excluding carboxylic acids is 1. The summed E-state index contributed by atoms with van der Waals surface area (Å²) >= 11 is 0. The van der Waals surface area contributed by atoms with Crippen molar-refractivity contribution in [1.29, 1.82) is 0 Å². The average molecular weight is 250 g/mol. The number of ketones is 1. The van der Waals surface area contributed by atoms with Crippen molar-refractivity contribution in [1.82, 2.24) is 0 Å². The zero-order valence-corrected chi connectivity index (χ0v) is 11.0. The second kappa shape index (κ2) is 6.69. The molecule has 19 heavy (non-hydrogen) atoms. The highest BCUT2D eigenvalue weighted by molar-refractivity contribution is 5.96. The molecule has 0 saturated heterocycles. The maximum Gasteiger partial charge on any atom is 0.162 e. The molecular formula is C18H18O. The van der Waals surface area contributed by atoms with Crippen LogP contribution >= 0.6 is 0 Å². The first-order valence-electron chi connectivity index (χ1n) is 6.59. The summed E-state index contributed by atoms with van der Waals surface area (Å²) in [6.45, 7) is 4.08. The zero-order chi connectivity index (χ0) is 13.5. The van der Waals surface area contributed by atoms with E-state index in [4.69, 9.17) is 0 Å². The molecule has 2 aromatic rings. The Labute approximate surface area is 114 Å². The number of allylic oxidation sites excluding steroid dienone is 1. The van der Waals surface area contributed by atoms with Gasteiger partial charge in [-0.05, 0) is 24.0 Å². The molecule has 0 spiro atoms. The number of hydrogen-bond donors (Lipinski definition) is 0. The van der Waals surface area contributed by atoms with E-state index in [0.29, 0.717) is 6.42 Å². The first-order valence-corrected chi connectivity index (χ1v) is 6.59. The second-order valence-electron chi connectivity index (χ2n) is 4.61. The molecule has 0 aromatic heterocycles. The van der Waals surface area contributed by atoms with Gasteiger partial charge < -0.3 is 0 Å². The zero-order valence-electron chi connectivity index (χ0n) is 11.0. The monoisotopic (exact) mass is 250 g/mol. The van der Waals surface area contributed by atoms with Gasteiger partial charge in [-0.25, -0.2) is 0 Å². The van der Waals surface area contributed by atoms with Gasteiger partial charge in [0.25, 0.3) is 0 Å². The SMILES string of the molecule is C=C(CCCC(=O)c1ccccc1)c1ccccc1. The van der Waals surface area contributed by atoms with Crippen LogP contribution in [-0.4, -0.2) is 5.78 Å². The molecule has 0 heterocycles. The van der Waals surface area contributed by atoms with E-state index in [2.05, 4.69) is 18.7 Å².